The van der Waals surface area contributed by atoms with E-state index in [1.54, 1.807) is 13.2 Å². The summed E-state index contributed by atoms with van der Waals surface area (Å²) in [5.41, 5.74) is 3.81. The first-order valence-electron chi connectivity index (χ1n) is 6.21. The zero-order chi connectivity index (χ0) is 14.5. The molecule has 20 heavy (non-hydrogen) atoms. The third-order valence-corrected chi connectivity index (χ3v) is 4.01. The number of ether oxygens (including phenoxy) is 1. The molecule has 0 radical (unpaired) electrons. The van der Waals surface area contributed by atoms with Crippen LogP contribution in [0.3, 0.4) is 0 Å². The first kappa shape index (κ1) is 14.4. The highest BCUT2D eigenvalue weighted by atomic mass is 79.9. The molecule has 3 nitrogen and oxygen atoms in total. The van der Waals surface area contributed by atoms with E-state index in [1.807, 2.05) is 30.3 Å². The maximum absolute atomic E-state index is 8.97. The molecule has 0 amide bonds. The van der Waals surface area contributed by atoms with Crippen molar-refractivity contribution in [3.63, 3.8) is 0 Å². The van der Waals surface area contributed by atoms with E-state index in [0.717, 1.165) is 27.0 Å². The van der Waals surface area contributed by atoms with Gasteiger partial charge < -0.3 is 10.1 Å². The van der Waals surface area contributed by atoms with Gasteiger partial charge in [0, 0.05) is 22.3 Å². The Kier molecular flexibility index (Phi) is 4.65. The maximum Gasteiger partial charge on any atom is 0.123 e. The molecular formula is C16H15BrN2O. The van der Waals surface area contributed by atoms with Crippen LogP contribution in [0, 0.1) is 18.3 Å². The van der Waals surface area contributed by atoms with Crippen LogP contribution in [-0.2, 0) is 6.54 Å². The fraction of sp³-hybridized carbons (Fsp3) is 0.188. The van der Waals surface area contributed by atoms with Gasteiger partial charge in [0.15, 0.2) is 0 Å². The van der Waals surface area contributed by atoms with Crippen LogP contribution in [0.2, 0.25) is 0 Å². The minimum atomic E-state index is 0.607. The minimum Gasteiger partial charge on any atom is -0.496 e. The lowest BCUT2D eigenvalue weighted by atomic mass is 10.1. The molecular weight excluding hydrogens is 316 g/mol. The molecule has 0 unspecified atom stereocenters. The molecule has 0 aliphatic rings. The molecule has 0 spiro atoms. The van der Waals surface area contributed by atoms with Crippen LogP contribution >= 0.6 is 15.9 Å². The molecule has 0 saturated heterocycles. The SMILES string of the molecule is COc1ccc(C#N)cc1CNc1cccc(Br)c1C. The van der Waals surface area contributed by atoms with Crippen molar-refractivity contribution in [1.82, 2.24) is 0 Å². The molecule has 0 fully saturated rings. The first-order chi connectivity index (χ1) is 9.65. The van der Waals surface area contributed by atoms with Gasteiger partial charge in [-0.05, 0) is 42.8 Å². The van der Waals surface area contributed by atoms with Gasteiger partial charge in [-0.2, -0.15) is 5.26 Å². The summed E-state index contributed by atoms with van der Waals surface area (Å²) in [5, 5.41) is 12.4. The van der Waals surface area contributed by atoms with Gasteiger partial charge in [0.1, 0.15) is 5.75 Å². The van der Waals surface area contributed by atoms with Crippen LogP contribution < -0.4 is 10.1 Å². The first-order valence-corrected chi connectivity index (χ1v) is 7.01. The number of nitrogens with one attached hydrogen (secondary N) is 1. The predicted octanol–water partition coefficient (Wildman–Crippen LogP) is 4.25. The Hall–Kier alpha value is -1.99. The van der Waals surface area contributed by atoms with E-state index in [-0.39, 0.29) is 0 Å². The zero-order valence-electron chi connectivity index (χ0n) is 11.4. The third kappa shape index (κ3) is 3.12. The second-order valence-corrected chi connectivity index (χ2v) is 5.26. The molecule has 1 N–H and O–H groups in total. The Labute approximate surface area is 127 Å². The normalized spacial score (nSPS) is 9.90. The third-order valence-electron chi connectivity index (χ3n) is 3.15. The highest BCUT2D eigenvalue weighted by Gasteiger charge is 2.06. The molecule has 0 aromatic heterocycles. The highest BCUT2D eigenvalue weighted by molar-refractivity contribution is 9.10. The quantitative estimate of drug-likeness (QED) is 0.911. The number of rotatable bonds is 4. The van der Waals surface area contributed by atoms with E-state index in [4.69, 9.17) is 10.00 Å². The summed E-state index contributed by atoms with van der Waals surface area (Å²) in [7, 11) is 1.63. The zero-order valence-corrected chi connectivity index (χ0v) is 13.0. The van der Waals surface area contributed by atoms with Gasteiger partial charge in [-0.1, -0.05) is 22.0 Å². The van der Waals surface area contributed by atoms with Crippen molar-refractivity contribution in [1.29, 1.82) is 5.26 Å². The molecule has 4 heteroatoms. The summed E-state index contributed by atoms with van der Waals surface area (Å²) < 4.78 is 6.40. The van der Waals surface area contributed by atoms with E-state index in [0.29, 0.717) is 12.1 Å². The molecule has 2 aromatic carbocycles. The van der Waals surface area contributed by atoms with Crippen molar-refractivity contribution in [3.8, 4) is 11.8 Å². The van der Waals surface area contributed by atoms with Gasteiger partial charge in [-0.3, -0.25) is 0 Å². The van der Waals surface area contributed by atoms with E-state index >= 15 is 0 Å². The van der Waals surface area contributed by atoms with E-state index in [2.05, 4.69) is 34.2 Å². The summed E-state index contributed by atoms with van der Waals surface area (Å²) in [5.74, 6) is 0.782. The molecule has 0 atom stereocenters. The van der Waals surface area contributed by atoms with Crippen LogP contribution in [0.15, 0.2) is 40.9 Å². The molecule has 0 bridgehead atoms. The van der Waals surface area contributed by atoms with Crippen molar-refractivity contribution >= 4 is 21.6 Å². The van der Waals surface area contributed by atoms with Gasteiger partial charge in [-0.25, -0.2) is 0 Å². The van der Waals surface area contributed by atoms with E-state index in [1.165, 1.54) is 0 Å². The fourth-order valence-corrected chi connectivity index (χ4v) is 2.34. The smallest absolute Gasteiger partial charge is 0.123 e. The lowest BCUT2D eigenvalue weighted by Gasteiger charge is -2.13. The summed E-state index contributed by atoms with van der Waals surface area (Å²) in [6, 6.07) is 13.6. The van der Waals surface area contributed by atoms with Gasteiger partial charge in [0.05, 0.1) is 18.7 Å². The van der Waals surface area contributed by atoms with Gasteiger partial charge in [0.25, 0.3) is 0 Å². The highest BCUT2D eigenvalue weighted by Crippen LogP contribution is 2.26. The van der Waals surface area contributed by atoms with E-state index in [9.17, 15) is 0 Å². The number of hydrogen-bond donors (Lipinski definition) is 1. The average Bonchev–Trinajstić information content (AvgIpc) is 2.48. The molecule has 0 saturated carbocycles. The average molecular weight is 331 g/mol. The summed E-state index contributed by atoms with van der Waals surface area (Å²) in [4.78, 5) is 0. The fourth-order valence-electron chi connectivity index (χ4n) is 1.98. The van der Waals surface area contributed by atoms with Gasteiger partial charge in [-0.15, -0.1) is 0 Å². The van der Waals surface area contributed by atoms with Crippen LogP contribution in [0.4, 0.5) is 5.69 Å². The molecule has 0 aliphatic heterocycles. The lowest BCUT2D eigenvalue weighted by Crippen LogP contribution is -2.03. The molecule has 0 aliphatic carbocycles. The minimum absolute atomic E-state index is 0.607. The molecule has 0 heterocycles. The Morgan fingerprint density at radius 3 is 2.80 bits per heavy atom. The standard InChI is InChI=1S/C16H15BrN2O/c1-11-14(17)4-3-5-15(11)19-10-13-8-12(9-18)6-7-16(13)20-2/h3-8,19H,10H2,1-2H3. The summed E-state index contributed by atoms with van der Waals surface area (Å²) in [6.07, 6.45) is 0. The number of halogens is 1. The second-order valence-electron chi connectivity index (χ2n) is 4.40. The summed E-state index contributed by atoms with van der Waals surface area (Å²) in [6.45, 7) is 2.66. The van der Waals surface area contributed by atoms with Crippen molar-refractivity contribution in [2.45, 2.75) is 13.5 Å². The van der Waals surface area contributed by atoms with Crippen LogP contribution in [-0.4, -0.2) is 7.11 Å². The Bertz CT molecular complexity index is 662. The van der Waals surface area contributed by atoms with E-state index < -0.39 is 0 Å². The number of hydrogen-bond acceptors (Lipinski definition) is 3. The largest absolute Gasteiger partial charge is 0.496 e. The number of methoxy groups -OCH3 is 1. The Balaban J connectivity index is 2.22. The predicted molar refractivity (Wildman–Crippen MR) is 83.9 cm³/mol. The Morgan fingerprint density at radius 2 is 2.10 bits per heavy atom. The van der Waals surface area contributed by atoms with Crippen molar-refractivity contribution in [3.05, 3.63) is 57.6 Å². The van der Waals surface area contributed by atoms with Gasteiger partial charge in [0.2, 0.25) is 0 Å². The molecule has 2 aromatic rings. The molecule has 2 rings (SSSR count). The monoisotopic (exact) mass is 330 g/mol. The number of nitriles is 1. The van der Waals surface area contributed by atoms with Crippen LogP contribution in [0.1, 0.15) is 16.7 Å². The second kappa shape index (κ2) is 6.44. The van der Waals surface area contributed by atoms with Crippen LogP contribution in [0.25, 0.3) is 0 Å². The Morgan fingerprint density at radius 1 is 1.30 bits per heavy atom. The molecule has 102 valence electrons. The van der Waals surface area contributed by atoms with Gasteiger partial charge >= 0.3 is 0 Å². The topological polar surface area (TPSA) is 45.0 Å². The van der Waals surface area contributed by atoms with Crippen molar-refractivity contribution in [2.24, 2.45) is 0 Å². The van der Waals surface area contributed by atoms with Crippen molar-refractivity contribution < 1.29 is 4.74 Å². The maximum atomic E-state index is 8.97. The number of benzene rings is 2. The lowest BCUT2D eigenvalue weighted by molar-refractivity contribution is 0.410. The summed E-state index contributed by atoms with van der Waals surface area (Å²) >= 11 is 3.52. The number of nitrogens with zero attached hydrogens (tertiary/aromatic N) is 1. The van der Waals surface area contributed by atoms with Crippen molar-refractivity contribution in [2.75, 3.05) is 12.4 Å². The van der Waals surface area contributed by atoms with Crippen LogP contribution in [0.5, 0.6) is 5.75 Å². The number of anilines is 1.